The fourth-order valence-corrected chi connectivity index (χ4v) is 1.02. The smallest absolute Gasteiger partial charge is 0.0192 e. The highest BCUT2D eigenvalue weighted by molar-refractivity contribution is 5.85. The maximum atomic E-state index is 5.55. The molecule has 0 aromatic heterocycles. The monoisotopic (exact) mass is 136 g/mol. The van der Waals surface area contributed by atoms with Crippen LogP contribution in [0.2, 0.25) is 0 Å². The van der Waals surface area contributed by atoms with Gasteiger partial charge in [0.1, 0.15) is 0 Å². The van der Waals surface area contributed by atoms with E-state index in [-0.39, 0.29) is 12.4 Å². The normalized spacial score (nSPS) is 36.8. The van der Waals surface area contributed by atoms with Crippen LogP contribution >= 0.6 is 12.4 Å². The molecule has 0 aromatic carbocycles. The van der Waals surface area contributed by atoms with Gasteiger partial charge in [-0.1, -0.05) is 6.42 Å². The lowest BCUT2D eigenvalue weighted by molar-refractivity contribution is 0.603. The topological polar surface area (TPSA) is 52.0 Å². The molecular weight excluding hydrogens is 124 g/mol. The number of nitrogens with two attached hydrogens (primary N) is 2. The molecule has 0 saturated heterocycles. The molecule has 8 heavy (non-hydrogen) atoms. The maximum Gasteiger partial charge on any atom is 0.0192 e. The number of halogens is 1. The summed E-state index contributed by atoms with van der Waals surface area (Å²) in [6, 6.07) is 0.583. The van der Waals surface area contributed by atoms with Crippen LogP contribution in [0.4, 0.5) is 0 Å². The van der Waals surface area contributed by atoms with Gasteiger partial charge in [-0.25, -0.2) is 0 Å². The molecule has 0 radical (unpaired) electrons. The van der Waals surface area contributed by atoms with Crippen molar-refractivity contribution >= 4 is 12.4 Å². The Bertz CT molecular complexity index is 59.4. The Morgan fingerprint density at radius 2 is 1.38 bits per heavy atom. The number of hydrogen-bond acceptors (Lipinski definition) is 2. The van der Waals surface area contributed by atoms with Crippen molar-refractivity contribution in [1.29, 1.82) is 0 Å². The third kappa shape index (κ3) is 1.62. The van der Waals surface area contributed by atoms with Gasteiger partial charge >= 0.3 is 0 Å². The van der Waals surface area contributed by atoms with Gasteiger partial charge in [0.2, 0.25) is 0 Å². The zero-order valence-corrected chi connectivity index (χ0v) is 5.66. The van der Waals surface area contributed by atoms with E-state index in [1.165, 1.54) is 6.42 Å². The van der Waals surface area contributed by atoms with Crippen LogP contribution in [0, 0.1) is 0 Å². The van der Waals surface area contributed by atoms with E-state index in [0.717, 1.165) is 12.8 Å². The van der Waals surface area contributed by atoms with Crippen LogP contribution in [0.1, 0.15) is 19.3 Å². The average Bonchev–Trinajstić information content (AvgIpc) is 1.91. The Hall–Kier alpha value is 0.210. The van der Waals surface area contributed by atoms with Crippen molar-refractivity contribution < 1.29 is 0 Å². The molecule has 0 spiro atoms. The highest BCUT2D eigenvalue weighted by Crippen LogP contribution is 2.13. The van der Waals surface area contributed by atoms with E-state index in [9.17, 15) is 0 Å². The van der Waals surface area contributed by atoms with Gasteiger partial charge in [0.15, 0.2) is 0 Å². The third-order valence-corrected chi connectivity index (χ3v) is 1.62. The van der Waals surface area contributed by atoms with E-state index in [1.54, 1.807) is 0 Å². The molecule has 3 heteroatoms. The molecule has 1 rings (SSSR count). The van der Waals surface area contributed by atoms with E-state index >= 15 is 0 Å². The first-order valence-electron chi connectivity index (χ1n) is 2.82. The number of hydrogen-bond donors (Lipinski definition) is 2. The Morgan fingerprint density at radius 1 is 1.00 bits per heavy atom. The fraction of sp³-hybridized carbons (Fsp3) is 1.00. The Labute approximate surface area is 56.0 Å². The molecule has 1 aliphatic rings. The van der Waals surface area contributed by atoms with E-state index in [4.69, 9.17) is 11.5 Å². The lowest BCUT2D eigenvalue weighted by atomic mass is 10.2. The predicted octanol–water partition coefficient (Wildman–Crippen LogP) is 0.247. The van der Waals surface area contributed by atoms with Crippen LogP contribution in [-0.2, 0) is 0 Å². The summed E-state index contributed by atoms with van der Waals surface area (Å²) < 4.78 is 0. The second-order valence-corrected chi connectivity index (χ2v) is 2.26. The van der Waals surface area contributed by atoms with Crippen molar-refractivity contribution in [3.63, 3.8) is 0 Å². The standard InChI is InChI=1S/C5H12N2.ClH/c6-4-2-1-3-5(4)7;/h4-5H,1-3,6-7H2;1H/t4-,5-;/m0./s1. The molecule has 1 aliphatic carbocycles. The minimum Gasteiger partial charge on any atom is -0.326 e. The van der Waals surface area contributed by atoms with Gasteiger partial charge in [-0.2, -0.15) is 0 Å². The molecule has 2 nitrogen and oxygen atoms in total. The summed E-state index contributed by atoms with van der Waals surface area (Å²) >= 11 is 0. The van der Waals surface area contributed by atoms with Crippen LogP contribution in [0.25, 0.3) is 0 Å². The minimum atomic E-state index is 0. The number of rotatable bonds is 0. The fourth-order valence-electron chi connectivity index (χ4n) is 1.02. The predicted molar refractivity (Wildman–Crippen MR) is 37.0 cm³/mol. The summed E-state index contributed by atoms with van der Waals surface area (Å²) in [7, 11) is 0. The van der Waals surface area contributed by atoms with Crippen molar-refractivity contribution in [1.82, 2.24) is 0 Å². The van der Waals surface area contributed by atoms with Crippen LogP contribution in [0.5, 0.6) is 0 Å². The molecule has 2 atom stereocenters. The molecule has 0 amide bonds. The first-order valence-corrected chi connectivity index (χ1v) is 2.82. The van der Waals surface area contributed by atoms with E-state index in [2.05, 4.69) is 0 Å². The first-order chi connectivity index (χ1) is 3.30. The van der Waals surface area contributed by atoms with Crippen LogP contribution in [0.3, 0.4) is 0 Å². The van der Waals surface area contributed by atoms with E-state index in [1.807, 2.05) is 0 Å². The van der Waals surface area contributed by atoms with Gasteiger partial charge in [0.05, 0.1) is 0 Å². The Kier molecular flexibility index (Phi) is 3.36. The highest BCUT2D eigenvalue weighted by Gasteiger charge is 2.18. The second kappa shape index (κ2) is 3.28. The molecule has 0 unspecified atom stereocenters. The Morgan fingerprint density at radius 3 is 1.50 bits per heavy atom. The minimum absolute atomic E-state index is 0. The second-order valence-electron chi connectivity index (χ2n) is 2.26. The summed E-state index contributed by atoms with van der Waals surface area (Å²) in [4.78, 5) is 0. The molecule has 0 aromatic rings. The van der Waals surface area contributed by atoms with Crippen LogP contribution in [-0.4, -0.2) is 12.1 Å². The molecule has 0 aliphatic heterocycles. The van der Waals surface area contributed by atoms with Crippen molar-refractivity contribution in [2.24, 2.45) is 11.5 Å². The van der Waals surface area contributed by atoms with Gasteiger partial charge in [0, 0.05) is 12.1 Å². The summed E-state index contributed by atoms with van der Waals surface area (Å²) in [5.41, 5.74) is 11.1. The zero-order valence-electron chi connectivity index (χ0n) is 4.84. The van der Waals surface area contributed by atoms with Crippen molar-refractivity contribution in [3.05, 3.63) is 0 Å². The summed E-state index contributed by atoms with van der Waals surface area (Å²) in [5.74, 6) is 0. The summed E-state index contributed by atoms with van der Waals surface area (Å²) in [5, 5.41) is 0. The van der Waals surface area contributed by atoms with Crippen LogP contribution in [0.15, 0.2) is 0 Å². The van der Waals surface area contributed by atoms with Gasteiger partial charge in [-0.3, -0.25) is 0 Å². The molecule has 0 heterocycles. The quantitative estimate of drug-likeness (QED) is 0.502. The molecule has 1 fully saturated rings. The molecule has 0 bridgehead atoms. The van der Waals surface area contributed by atoms with Crippen molar-refractivity contribution in [3.8, 4) is 0 Å². The van der Waals surface area contributed by atoms with Gasteiger partial charge in [0.25, 0.3) is 0 Å². The largest absolute Gasteiger partial charge is 0.326 e. The molecule has 1 saturated carbocycles. The van der Waals surface area contributed by atoms with Crippen molar-refractivity contribution in [2.75, 3.05) is 0 Å². The first kappa shape index (κ1) is 8.21. The average molecular weight is 137 g/mol. The van der Waals surface area contributed by atoms with E-state index in [0.29, 0.717) is 12.1 Å². The SMILES string of the molecule is Cl.N[C@H]1CCC[C@@H]1N. The summed E-state index contributed by atoms with van der Waals surface area (Å²) in [6.45, 7) is 0. The van der Waals surface area contributed by atoms with Gasteiger partial charge in [-0.15, -0.1) is 12.4 Å². The molecule has 4 N–H and O–H groups in total. The lowest BCUT2D eigenvalue weighted by Crippen LogP contribution is -2.35. The van der Waals surface area contributed by atoms with Crippen molar-refractivity contribution in [2.45, 2.75) is 31.3 Å². The van der Waals surface area contributed by atoms with Gasteiger partial charge < -0.3 is 11.5 Å². The Balaban J connectivity index is 0.000000490. The maximum absolute atomic E-state index is 5.55. The van der Waals surface area contributed by atoms with Gasteiger partial charge in [-0.05, 0) is 12.8 Å². The molecular formula is C5H13ClN2. The molecule has 50 valence electrons. The zero-order chi connectivity index (χ0) is 5.28. The third-order valence-electron chi connectivity index (χ3n) is 1.62. The van der Waals surface area contributed by atoms with E-state index < -0.39 is 0 Å². The highest BCUT2D eigenvalue weighted by atomic mass is 35.5. The summed E-state index contributed by atoms with van der Waals surface area (Å²) in [6.07, 6.45) is 3.48. The van der Waals surface area contributed by atoms with Crippen LogP contribution < -0.4 is 11.5 Å². The lowest BCUT2D eigenvalue weighted by Gasteiger charge is -2.05.